The van der Waals surface area contributed by atoms with E-state index in [-0.39, 0.29) is 24.4 Å². The summed E-state index contributed by atoms with van der Waals surface area (Å²) in [6.07, 6.45) is 2.10. The molecule has 5 nitrogen and oxygen atoms in total. The average molecular weight is 519 g/mol. The Morgan fingerprint density at radius 1 is 1.14 bits per heavy atom. The number of nitrogens with zero attached hydrogens (tertiary/aromatic N) is 2. The third kappa shape index (κ3) is 6.80. The molecule has 0 fully saturated rings. The molecule has 37 heavy (non-hydrogen) atoms. The molecule has 0 aliphatic carbocycles. The number of ether oxygens (including phenoxy) is 1. The van der Waals surface area contributed by atoms with Crippen molar-refractivity contribution < 1.29 is 14.3 Å². The summed E-state index contributed by atoms with van der Waals surface area (Å²) in [6, 6.07) is 17.9. The number of fused-ring (bicyclic) bond motifs is 1. The molecule has 4 rings (SSSR count). The van der Waals surface area contributed by atoms with Gasteiger partial charge in [-0.25, -0.2) is 0 Å². The van der Waals surface area contributed by atoms with Crippen LogP contribution < -0.4 is 4.74 Å². The number of thiophene rings is 1. The lowest BCUT2D eigenvalue weighted by atomic mass is 10.00. The molecule has 1 aliphatic heterocycles. The van der Waals surface area contributed by atoms with E-state index in [1.807, 2.05) is 54.3 Å². The van der Waals surface area contributed by atoms with Gasteiger partial charge in [-0.3, -0.25) is 9.59 Å². The highest BCUT2D eigenvalue weighted by Crippen LogP contribution is 2.34. The molecule has 0 saturated carbocycles. The van der Waals surface area contributed by atoms with E-state index in [9.17, 15) is 9.59 Å². The third-order valence-corrected chi connectivity index (χ3v) is 8.24. The molecule has 0 radical (unpaired) electrons. The van der Waals surface area contributed by atoms with E-state index in [0.29, 0.717) is 32.0 Å². The maximum atomic E-state index is 13.8. The predicted molar refractivity (Wildman–Crippen MR) is 150 cm³/mol. The number of amides is 2. The summed E-state index contributed by atoms with van der Waals surface area (Å²) in [5, 5.41) is 2.10. The van der Waals surface area contributed by atoms with Crippen molar-refractivity contribution in [1.29, 1.82) is 0 Å². The van der Waals surface area contributed by atoms with Crippen molar-refractivity contribution in [1.82, 2.24) is 9.80 Å². The largest absolute Gasteiger partial charge is 0.491 e. The fourth-order valence-electron chi connectivity index (χ4n) is 4.90. The maximum absolute atomic E-state index is 13.8. The highest BCUT2D eigenvalue weighted by Gasteiger charge is 2.33. The molecule has 2 heterocycles. The van der Waals surface area contributed by atoms with Crippen LogP contribution in [0.4, 0.5) is 0 Å². The number of aryl methyl sites for hydroxylation is 2. The Bertz CT molecular complexity index is 1210. The van der Waals surface area contributed by atoms with Crippen molar-refractivity contribution in [2.24, 2.45) is 5.92 Å². The highest BCUT2D eigenvalue weighted by molar-refractivity contribution is 7.10. The van der Waals surface area contributed by atoms with Crippen LogP contribution in [-0.2, 0) is 22.4 Å². The molecule has 196 valence electrons. The Kier molecular flexibility index (Phi) is 9.04. The van der Waals surface area contributed by atoms with Gasteiger partial charge in [-0.15, -0.1) is 11.3 Å². The zero-order valence-electron chi connectivity index (χ0n) is 22.4. The van der Waals surface area contributed by atoms with Crippen molar-refractivity contribution in [3.05, 3.63) is 87.1 Å². The van der Waals surface area contributed by atoms with Gasteiger partial charge in [0.1, 0.15) is 12.4 Å². The Morgan fingerprint density at radius 3 is 2.65 bits per heavy atom. The van der Waals surface area contributed by atoms with Gasteiger partial charge in [0, 0.05) is 18.0 Å². The molecule has 0 spiro atoms. The van der Waals surface area contributed by atoms with Gasteiger partial charge in [-0.05, 0) is 60.4 Å². The van der Waals surface area contributed by atoms with Gasteiger partial charge in [0.25, 0.3) is 0 Å². The maximum Gasteiger partial charge on any atom is 0.242 e. The lowest BCUT2D eigenvalue weighted by molar-refractivity contribution is -0.143. The molecular formula is C31H38N2O3S. The molecule has 3 aromatic rings. The zero-order valence-corrected chi connectivity index (χ0v) is 23.2. The van der Waals surface area contributed by atoms with Crippen LogP contribution in [0.25, 0.3) is 0 Å². The molecule has 2 aromatic carbocycles. The van der Waals surface area contributed by atoms with Crippen LogP contribution >= 0.6 is 11.3 Å². The summed E-state index contributed by atoms with van der Waals surface area (Å²) in [4.78, 5) is 32.1. The number of carbonyl (C=O) groups is 2. The molecule has 1 aromatic heterocycles. The van der Waals surface area contributed by atoms with Crippen molar-refractivity contribution >= 4 is 23.2 Å². The first-order valence-electron chi connectivity index (χ1n) is 13.2. The molecule has 6 heteroatoms. The van der Waals surface area contributed by atoms with Crippen molar-refractivity contribution in [2.45, 2.75) is 53.0 Å². The van der Waals surface area contributed by atoms with Gasteiger partial charge in [0.05, 0.1) is 19.0 Å². The predicted octanol–water partition coefficient (Wildman–Crippen LogP) is 5.99. The van der Waals surface area contributed by atoms with Crippen molar-refractivity contribution in [3.8, 4) is 5.75 Å². The van der Waals surface area contributed by atoms with Gasteiger partial charge in [-0.2, -0.15) is 0 Å². The van der Waals surface area contributed by atoms with Crippen LogP contribution in [0.1, 0.15) is 53.4 Å². The highest BCUT2D eigenvalue weighted by atomic mass is 32.1. The van der Waals surface area contributed by atoms with E-state index in [0.717, 1.165) is 29.7 Å². The number of hydrogen-bond donors (Lipinski definition) is 0. The van der Waals surface area contributed by atoms with E-state index < -0.39 is 0 Å². The van der Waals surface area contributed by atoms with E-state index in [1.54, 1.807) is 16.2 Å². The number of benzene rings is 2. The summed E-state index contributed by atoms with van der Waals surface area (Å²) in [5.74, 6) is 1.14. The summed E-state index contributed by atoms with van der Waals surface area (Å²) in [5.41, 5.74) is 4.42. The lowest BCUT2D eigenvalue weighted by Gasteiger charge is -2.37. The van der Waals surface area contributed by atoms with Crippen LogP contribution in [0.3, 0.4) is 0 Å². The van der Waals surface area contributed by atoms with E-state index in [4.69, 9.17) is 4.74 Å². The standard InChI is InChI=1S/C31H38N2O3S/c1-5-22(2)19-32(30(34)18-25-9-7-6-8-10-25)20-31(35)33-15-13-29-26(14-16-37-29)27(33)21-36-28-12-11-23(3)17-24(28)4/h6-12,14,16-17,22,27H,5,13,15,18-21H2,1-4H3/t22-,27+/m1/s1. The Labute approximate surface area is 225 Å². The molecule has 0 unspecified atom stereocenters. The topological polar surface area (TPSA) is 49.9 Å². The third-order valence-electron chi connectivity index (χ3n) is 7.25. The lowest BCUT2D eigenvalue weighted by Crippen LogP contribution is -2.48. The van der Waals surface area contributed by atoms with Gasteiger partial charge in [-0.1, -0.05) is 68.3 Å². The molecule has 2 amide bonds. The number of rotatable bonds is 10. The molecular weight excluding hydrogens is 480 g/mol. The fourth-order valence-corrected chi connectivity index (χ4v) is 5.83. The minimum absolute atomic E-state index is 0.00355. The summed E-state index contributed by atoms with van der Waals surface area (Å²) in [6.45, 7) is 10.1. The zero-order chi connectivity index (χ0) is 26.4. The second-order valence-electron chi connectivity index (χ2n) is 10.2. The van der Waals surface area contributed by atoms with Crippen LogP contribution in [0.5, 0.6) is 5.75 Å². The van der Waals surface area contributed by atoms with Crippen molar-refractivity contribution in [2.75, 3.05) is 26.2 Å². The molecule has 2 atom stereocenters. The van der Waals surface area contributed by atoms with Crippen LogP contribution in [0, 0.1) is 19.8 Å². The minimum Gasteiger partial charge on any atom is -0.491 e. The average Bonchev–Trinajstić information content (AvgIpc) is 3.37. The molecule has 0 N–H and O–H groups in total. The van der Waals surface area contributed by atoms with Gasteiger partial charge < -0.3 is 14.5 Å². The quantitative estimate of drug-likeness (QED) is 0.331. The van der Waals surface area contributed by atoms with Gasteiger partial charge >= 0.3 is 0 Å². The molecule has 0 bridgehead atoms. The first-order chi connectivity index (χ1) is 17.9. The summed E-state index contributed by atoms with van der Waals surface area (Å²) >= 11 is 1.74. The first kappa shape index (κ1) is 26.9. The van der Waals surface area contributed by atoms with E-state index in [1.165, 1.54) is 16.0 Å². The van der Waals surface area contributed by atoms with Crippen LogP contribution in [-0.4, -0.2) is 47.9 Å². The fraction of sp³-hybridized carbons (Fsp3) is 0.419. The van der Waals surface area contributed by atoms with Crippen molar-refractivity contribution in [3.63, 3.8) is 0 Å². The Balaban J connectivity index is 1.51. The van der Waals surface area contributed by atoms with Gasteiger partial charge in [0.15, 0.2) is 0 Å². The van der Waals surface area contributed by atoms with E-state index >= 15 is 0 Å². The second kappa shape index (κ2) is 12.4. The minimum atomic E-state index is -0.169. The Hall–Kier alpha value is -3.12. The summed E-state index contributed by atoms with van der Waals surface area (Å²) in [7, 11) is 0. The van der Waals surface area contributed by atoms with Gasteiger partial charge in [0.2, 0.25) is 11.8 Å². The SMILES string of the molecule is CC[C@@H](C)CN(CC(=O)N1CCc2sccc2[C@@H]1COc1ccc(C)cc1C)C(=O)Cc1ccccc1. The Morgan fingerprint density at radius 2 is 1.92 bits per heavy atom. The van der Waals surface area contributed by atoms with Crippen LogP contribution in [0.2, 0.25) is 0 Å². The number of carbonyl (C=O) groups excluding carboxylic acids is 2. The molecule has 0 saturated heterocycles. The smallest absolute Gasteiger partial charge is 0.242 e. The monoisotopic (exact) mass is 518 g/mol. The normalized spacial score (nSPS) is 15.7. The second-order valence-corrected chi connectivity index (χ2v) is 11.2. The van der Waals surface area contributed by atoms with Crippen LogP contribution in [0.15, 0.2) is 60.0 Å². The molecule has 1 aliphatic rings. The van der Waals surface area contributed by atoms with E-state index in [2.05, 4.69) is 38.3 Å². The first-order valence-corrected chi connectivity index (χ1v) is 14.1. The number of hydrogen-bond acceptors (Lipinski definition) is 4. The summed E-state index contributed by atoms with van der Waals surface area (Å²) < 4.78 is 6.28.